The van der Waals surface area contributed by atoms with E-state index >= 15 is 0 Å². The predicted octanol–water partition coefficient (Wildman–Crippen LogP) is 1.03. The first-order valence-electron chi connectivity index (χ1n) is 4.83. The normalized spacial score (nSPS) is 12.5. The van der Waals surface area contributed by atoms with Crippen LogP contribution in [-0.4, -0.2) is 27.1 Å². The second-order valence-corrected chi connectivity index (χ2v) is 3.41. The van der Waals surface area contributed by atoms with Gasteiger partial charge in [-0.1, -0.05) is 13.3 Å². The molecule has 0 aliphatic rings. The molecule has 0 aromatic carbocycles. The quantitative estimate of drug-likeness (QED) is 0.755. The van der Waals surface area contributed by atoms with E-state index in [0.29, 0.717) is 5.82 Å². The van der Waals surface area contributed by atoms with Crippen LogP contribution in [0.15, 0.2) is 0 Å². The lowest BCUT2D eigenvalue weighted by molar-refractivity contribution is 0.0928. The molecule has 5 nitrogen and oxygen atoms in total. The molecule has 2 N–H and O–H groups in total. The zero-order valence-electron chi connectivity index (χ0n) is 8.79. The van der Waals surface area contributed by atoms with Crippen molar-refractivity contribution in [2.45, 2.75) is 39.7 Å². The number of aryl methyl sites for hydroxylation is 1. The highest BCUT2D eigenvalue weighted by Crippen LogP contribution is 1.97. The Bertz CT molecular complexity index is 308. The van der Waals surface area contributed by atoms with E-state index in [-0.39, 0.29) is 17.8 Å². The summed E-state index contributed by atoms with van der Waals surface area (Å²) >= 11 is 0. The highest BCUT2D eigenvalue weighted by atomic mass is 16.2. The van der Waals surface area contributed by atoms with Crippen molar-refractivity contribution in [2.24, 2.45) is 0 Å². The van der Waals surface area contributed by atoms with Crippen LogP contribution in [0.5, 0.6) is 0 Å². The molecule has 0 aliphatic carbocycles. The van der Waals surface area contributed by atoms with E-state index in [4.69, 9.17) is 0 Å². The van der Waals surface area contributed by atoms with Crippen molar-refractivity contribution < 1.29 is 4.79 Å². The minimum atomic E-state index is -0.213. The van der Waals surface area contributed by atoms with Gasteiger partial charge in [0.25, 0.3) is 5.91 Å². The van der Waals surface area contributed by atoms with Crippen LogP contribution in [0.3, 0.4) is 0 Å². The van der Waals surface area contributed by atoms with Gasteiger partial charge in [0.15, 0.2) is 0 Å². The van der Waals surface area contributed by atoms with Gasteiger partial charge in [-0.05, 0) is 20.3 Å². The van der Waals surface area contributed by atoms with Crippen molar-refractivity contribution in [1.29, 1.82) is 0 Å². The number of aromatic nitrogens is 3. The molecular formula is C9H16N4O. The Kier molecular flexibility index (Phi) is 3.62. The molecule has 5 heteroatoms. The second kappa shape index (κ2) is 4.74. The van der Waals surface area contributed by atoms with Gasteiger partial charge < -0.3 is 5.32 Å². The number of rotatable bonds is 4. The molecule has 1 amide bonds. The number of H-pyrrole nitrogens is 1. The fourth-order valence-electron chi connectivity index (χ4n) is 1.24. The fourth-order valence-corrected chi connectivity index (χ4v) is 1.24. The average molecular weight is 196 g/mol. The van der Waals surface area contributed by atoms with E-state index in [9.17, 15) is 4.79 Å². The van der Waals surface area contributed by atoms with Crippen molar-refractivity contribution in [3.63, 3.8) is 0 Å². The van der Waals surface area contributed by atoms with Crippen LogP contribution in [0.4, 0.5) is 0 Å². The Morgan fingerprint density at radius 3 is 2.86 bits per heavy atom. The Morgan fingerprint density at radius 2 is 2.36 bits per heavy atom. The lowest BCUT2D eigenvalue weighted by Crippen LogP contribution is -2.33. The smallest absolute Gasteiger partial charge is 0.291 e. The van der Waals surface area contributed by atoms with Crippen LogP contribution in [0.1, 0.15) is 43.1 Å². The van der Waals surface area contributed by atoms with Crippen molar-refractivity contribution in [2.75, 3.05) is 0 Å². The molecule has 1 atom stereocenters. The first-order chi connectivity index (χ1) is 6.63. The maximum absolute atomic E-state index is 11.5. The fraction of sp³-hybridized carbons (Fsp3) is 0.667. The summed E-state index contributed by atoms with van der Waals surface area (Å²) in [6.45, 7) is 5.82. The van der Waals surface area contributed by atoms with Gasteiger partial charge in [0, 0.05) is 6.04 Å². The van der Waals surface area contributed by atoms with E-state index in [1.165, 1.54) is 0 Å². The van der Waals surface area contributed by atoms with E-state index in [2.05, 4.69) is 27.4 Å². The van der Waals surface area contributed by atoms with Gasteiger partial charge in [-0.15, -0.1) is 5.10 Å². The Morgan fingerprint density at radius 1 is 1.64 bits per heavy atom. The maximum Gasteiger partial charge on any atom is 0.291 e. The van der Waals surface area contributed by atoms with Gasteiger partial charge in [-0.25, -0.2) is 4.98 Å². The third-order valence-corrected chi connectivity index (χ3v) is 1.90. The molecule has 1 unspecified atom stereocenters. The first kappa shape index (κ1) is 10.7. The molecule has 78 valence electrons. The van der Waals surface area contributed by atoms with Crippen LogP contribution in [0.25, 0.3) is 0 Å². The van der Waals surface area contributed by atoms with Crippen LogP contribution in [-0.2, 0) is 0 Å². The van der Waals surface area contributed by atoms with E-state index < -0.39 is 0 Å². The summed E-state index contributed by atoms with van der Waals surface area (Å²) in [5.74, 6) is 0.652. The summed E-state index contributed by atoms with van der Waals surface area (Å²) in [7, 11) is 0. The molecule has 1 heterocycles. The highest BCUT2D eigenvalue weighted by Gasteiger charge is 2.12. The lowest BCUT2D eigenvalue weighted by atomic mass is 10.2. The minimum absolute atomic E-state index is 0.173. The largest absolute Gasteiger partial charge is 0.347 e. The number of nitrogens with zero attached hydrogens (tertiary/aromatic N) is 2. The molecule has 1 rings (SSSR count). The zero-order valence-corrected chi connectivity index (χ0v) is 8.79. The third kappa shape index (κ3) is 2.83. The Labute approximate surface area is 83.3 Å². The summed E-state index contributed by atoms with van der Waals surface area (Å²) in [4.78, 5) is 15.4. The molecule has 0 fully saturated rings. The molecule has 0 aliphatic heterocycles. The monoisotopic (exact) mass is 196 g/mol. The van der Waals surface area contributed by atoms with E-state index in [0.717, 1.165) is 12.8 Å². The van der Waals surface area contributed by atoms with Crippen LogP contribution in [0, 0.1) is 6.92 Å². The number of nitrogens with one attached hydrogen (secondary N) is 2. The molecule has 1 aromatic rings. The van der Waals surface area contributed by atoms with Gasteiger partial charge in [0.05, 0.1) is 0 Å². The maximum atomic E-state index is 11.5. The molecule has 0 saturated carbocycles. The predicted molar refractivity (Wildman–Crippen MR) is 53.0 cm³/mol. The third-order valence-electron chi connectivity index (χ3n) is 1.90. The molecule has 0 radical (unpaired) electrons. The Balaban J connectivity index is 2.50. The number of hydrogen-bond acceptors (Lipinski definition) is 3. The first-order valence-corrected chi connectivity index (χ1v) is 4.83. The van der Waals surface area contributed by atoms with Gasteiger partial charge in [-0.2, -0.15) is 0 Å². The molecule has 1 aromatic heterocycles. The van der Waals surface area contributed by atoms with Gasteiger partial charge in [-0.3, -0.25) is 9.89 Å². The number of carbonyl (C=O) groups is 1. The van der Waals surface area contributed by atoms with E-state index in [1.54, 1.807) is 6.92 Å². The number of carbonyl (C=O) groups excluding carboxylic acids is 1. The van der Waals surface area contributed by atoms with Crippen molar-refractivity contribution in [1.82, 2.24) is 20.5 Å². The second-order valence-electron chi connectivity index (χ2n) is 3.41. The van der Waals surface area contributed by atoms with Gasteiger partial charge in [0.2, 0.25) is 5.82 Å². The molecule has 14 heavy (non-hydrogen) atoms. The highest BCUT2D eigenvalue weighted by molar-refractivity contribution is 5.90. The molecule has 0 bridgehead atoms. The summed E-state index contributed by atoms with van der Waals surface area (Å²) < 4.78 is 0. The topological polar surface area (TPSA) is 70.7 Å². The minimum Gasteiger partial charge on any atom is -0.347 e. The SMILES string of the molecule is CCCC(C)NC(=O)c1n[nH]c(C)n1. The standard InChI is InChI=1S/C9H16N4O/c1-4-5-6(2)10-9(14)8-11-7(3)12-13-8/h6H,4-5H2,1-3H3,(H,10,14)(H,11,12,13). The van der Waals surface area contributed by atoms with Crippen LogP contribution < -0.4 is 5.32 Å². The summed E-state index contributed by atoms with van der Waals surface area (Å²) in [6.07, 6.45) is 2.02. The van der Waals surface area contributed by atoms with Gasteiger partial charge in [0.1, 0.15) is 5.82 Å². The van der Waals surface area contributed by atoms with Crippen molar-refractivity contribution >= 4 is 5.91 Å². The van der Waals surface area contributed by atoms with Crippen LogP contribution in [0.2, 0.25) is 0 Å². The van der Waals surface area contributed by atoms with Gasteiger partial charge >= 0.3 is 0 Å². The van der Waals surface area contributed by atoms with Crippen molar-refractivity contribution in [3.8, 4) is 0 Å². The number of aromatic amines is 1. The zero-order chi connectivity index (χ0) is 10.6. The molecule has 0 spiro atoms. The number of hydrogen-bond donors (Lipinski definition) is 2. The summed E-state index contributed by atoms with van der Waals surface area (Å²) in [5, 5.41) is 9.24. The average Bonchev–Trinajstić information content (AvgIpc) is 2.52. The number of amides is 1. The van der Waals surface area contributed by atoms with E-state index in [1.807, 2.05) is 6.92 Å². The molecular weight excluding hydrogens is 180 g/mol. The molecule has 0 saturated heterocycles. The van der Waals surface area contributed by atoms with Crippen LogP contribution >= 0.6 is 0 Å². The van der Waals surface area contributed by atoms with Crippen molar-refractivity contribution in [3.05, 3.63) is 11.6 Å². The lowest BCUT2D eigenvalue weighted by Gasteiger charge is -2.10. The summed E-state index contributed by atoms with van der Waals surface area (Å²) in [5.41, 5.74) is 0. The summed E-state index contributed by atoms with van der Waals surface area (Å²) in [6, 6.07) is 0.173. The Hall–Kier alpha value is -1.39.